The molecule has 0 atom stereocenters. The van der Waals surface area contributed by atoms with Crippen LogP contribution in [0, 0.1) is 11.3 Å². The molecule has 2 rings (SSSR count). The average molecular weight is 298 g/mol. The fourth-order valence-electron chi connectivity index (χ4n) is 2.11. The van der Waals surface area contributed by atoms with Crippen LogP contribution in [0.2, 0.25) is 0 Å². The van der Waals surface area contributed by atoms with Gasteiger partial charge in [0.25, 0.3) is 5.91 Å². The van der Waals surface area contributed by atoms with E-state index in [4.69, 9.17) is 4.74 Å². The minimum atomic E-state index is -4.51. The molecule has 1 N–H and O–H groups in total. The second-order valence-corrected chi connectivity index (χ2v) is 4.84. The van der Waals surface area contributed by atoms with Gasteiger partial charge in [0.2, 0.25) is 0 Å². The summed E-state index contributed by atoms with van der Waals surface area (Å²) in [5.41, 5.74) is -2.09. The van der Waals surface area contributed by atoms with Crippen molar-refractivity contribution in [1.29, 1.82) is 5.26 Å². The number of nitrogens with zero attached hydrogens (tertiary/aromatic N) is 1. The van der Waals surface area contributed by atoms with Gasteiger partial charge in [-0.1, -0.05) is 6.07 Å². The third kappa shape index (κ3) is 3.52. The number of nitrogens with one attached hydrogen (secondary N) is 1. The maximum absolute atomic E-state index is 12.6. The number of benzene rings is 1. The summed E-state index contributed by atoms with van der Waals surface area (Å²) in [7, 11) is 0. The van der Waals surface area contributed by atoms with Crippen molar-refractivity contribution < 1.29 is 22.7 Å². The molecule has 112 valence electrons. The van der Waals surface area contributed by atoms with Crippen molar-refractivity contribution >= 4 is 5.91 Å². The highest BCUT2D eigenvalue weighted by Crippen LogP contribution is 2.29. The first-order valence-electron chi connectivity index (χ1n) is 6.35. The van der Waals surface area contributed by atoms with Crippen LogP contribution in [0.3, 0.4) is 0 Å². The molecule has 0 radical (unpaired) electrons. The second-order valence-electron chi connectivity index (χ2n) is 4.84. The van der Waals surface area contributed by atoms with Gasteiger partial charge in [0, 0.05) is 31.6 Å². The first kappa shape index (κ1) is 15.3. The summed E-state index contributed by atoms with van der Waals surface area (Å²) in [6, 6.07) is 6.15. The van der Waals surface area contributed by atoms with E-state index in [9.17, 15) is 23.2 Å². The number of ether oxygens (including phenoxy) is 1. The average Bonchev–Trinajstić information content (AvgIpc) is 2.47. The molecule has 1 saturated heterocycles. The number of carbonyl (C=O) groups excluding carboxylic acids is 1. The first-order chi connectivity index (χ1) is 9.86. The van der Waals surface area contributed by atoms with Crippen molar-refractivity contribution in [3.8, 4) is 6.07 Å². The highest BCUT2D eigenvalue weighted by Gasteiger charge is 2.35. The lowest BCUT2D eigenvalue weighted by Crippen LogP contribution is -2.50. The number of rotatable bonds is 2. The molecule has 4 nitrogen and oxygen atoms in total. The molecule has 1 aromatic rings. The quantitative estimate of drug-likeness (QED) is 0.912. The van der Waals surface area contributed by atoms with Crippen LogP contribution in [0.25, 0.3) is 0 Å². The topological polar surface area (TPSA) is 62.1 Å². The van der Waals surface area contributed by atoms with Crippen molar-refractivity contribution in [3.05, 3.63) is 35.4 Å². The summed E-state index contributed by atoms with van der Waals surface area (Å²) in [5.74, 6) is -0.690. The highest BCUT2D eigenvalue weighted by atomic mass is 19.4. The lowest BCUT2D eigenvalue weighted by molar-refractivity contribution is -0.137. The maximum atomic E-state index is 12.6. The van der Waals surface area contributed by atoms with Crippen LogP contribution in [0.5, 0.6) is 0 Å². The van der Waals surface area contributed by atoms with Gasteiger partial charge in [0.15, 0.2) is 0 Å². The summed E-state index contributed by atoms with van der Waals surface area (Å²) in [6.07, 6.45) is -3.88. The molecule has 1 fully saturated rings. The number of nitriles is 1. The molecule has 1 aliphatic heterocycles. The Morgan fingerprint density at radius 2 is 2.00 bits per heavy atom. The van der Waals surface area contributed by atoms with Crippen LogP contribution < -0.4 is 5.32 Å². The van der Waals surface area contributed by atoms with Crippen molar-refractivity contribution in [2.75, 3.05) is 13.2 Å². The van der Waals surface area contributed by atoms with E-state index in [1.165, 1.54) is 12.1 Å². The lowest BCUT2D eigenvalue weighted by atomic mass is 9.91. The van der Waals surface area contributed by atoms with Crippen molar-refractivity contribution in [3.63, 3.8) is 0 Å². The number of carbonyl (C=O) groups is 1. The normalized spacial score (nSPS) is 17.8. The largest absolute Gasteiger partial charge is 0.416 e. The van der Waals surface area contributed by atoms with Gasteiger partial charge in [-0.05, 0) is 18.2 Å². The fourth-order valence-corrected chi connectivity index (χ4v) is 2.11. The number of halogens is 3. The third-order valence-electron chi connectivity index (χ3n) is 3.37. The van der Waals surface area contributed by atoms with E-state index in [2.05, 4.69) is 5.32 Å². The lowest BCUT2D eigenvalue weighted by Gasteiger charge is -2.31. The number of alkyl halides is 3. The summed E-state index contributed by atoms with van der Waals surface area (Å²) < 4.78 is 43.0. The molecule has 1 aromatic carbocycles. The zero-order chi connectivity index (χ0) is 15.5. The molecular weight excluding hydrogens is 285 g/mol. The van der Waals surface area contributed by atoms with Crippen LogP contribution in [-0.2, 0) is 10.9 Å². The Kier molecular flexibility index (Phi) is 4.19. The Bertz CT molecular complexity index is 572. The summed E-state index contributed by atoms with van der Waals surface area (Å²) in [5, 5.41) is 11.8. The van der Waals surface area contributed by atoms with Crippen LogP contribution in [-0.4, -0.2) is 24.7 Å². The zero-order valence-corrected chi connectivity index (χ0v) is 11.0. The zero-order valence-electron chi connectivity index (χ0n) is 11.0. The standard InChI is InChI=1S/C14H13F3N2O2/c15-14(16,17)11-3-1-2-10(8-11)12(20)19-13(9-18)4-6-21-7-5-13/h1-3,8H,4-7H2,(H,19,20). The Labute approximate surface area is 119 Å². The Balaban J connectivity index is 2.19. The summed E-state index contributed by atoms with van der Waals surface area (Å²) >= 11 is 0. The summed E-state index contributed by atoms with van der Waals surface area (Å²) in [6.45, 7) is 0.660. The maximum Gasteiger partial charge on any atom is 0.416 e. The molecule has 21 heavy (non-hydrogen) atoms. The molecule has 0 spiro atoms. The second kappa shape index (κ2) is 5.74. The molecule has 1 aliphatic rings. The number of hydrogen-bond donors (Lipinski definition) is 1. The van der Waals surface area contributed by atoms with Crippen molar-refractivity contribution in [2.24, 2.45) is 0 Å². The number of amides is 1. The van der Waals surface area contributed by atoms with Crippen molar-refractivity contribution in [2.45, 2.75) is 24.6 Å². The van der Waals surface area contributed by atoms with Gasteiger partial charge < -0.3 is 10.1 Å². The van der Waals surface area contributed by atoms with Gasteiger partial charge in [-0.3, -0.25) is 4.79 Å². The van der Waals surface area contributed by atoms with E-state index in [0.29, 0.717) is 26.1 Å². The molecule has 1 amide bonds. The first-order valence-corrected chi connectivity index (χ1v) is 6.35. The van der Waals surface area contributed by atoms with E-state index in [0.717, 1.165) is 12.1 Å². The Morgan fingerprint density at radius 1 is 1.33 bits per heavy atom. The van der Waals surface area contributed by atoms with E-state index in [1.54, 1.807) is 0 Å². The molecular formula is C14H13F3N2O2. The van der Waals surface area contributed by atoms with Gasteiger partial charge in [-0.2, -0.15) is 18.4 Å². The van der Waals surface area contributed by atoms with Gasteiger partial charge >= 0.3 is 6.18 Å². The van der Waals surface area contributed by atoms with Crippen LogP contribution in [0.15, 0.2) is 24.3 Å². The minimum Gasteiger partial charge on any atom is -0.381 e. The van der Waals surface area contributed by atoms with Gasteiger partial charge in [-0.25, -0.2) is 0 Å². The predicted octanol–water partition coefficient (Wildman–Crippen LogP) is 2.51. The minimum absolute atomic E-state index is 0.119. The van der Waals surface area contributed by atoms with Crippen LogP contribution >= 0.6 is 0 Å². The van der Waals surface area contributed by atoms with Gasteiger partial charge in [0.05, 0.1) is 11.6 Å². The molecule has 0 unspecified atom stereocenters. The molecule has 0 saturated carbocycles. The third-order valence-corrected chi connectivity index (χ3v) is 3.37. The van der Waals surface area contributed by atoms with Crippen molar-refractivity contribution in [1.82, 2.24) is 5.32 Å². The molecule has 0 bridgehead atoms. The SMILES string of the molecule is N#CC1(NC(=O)c2cccc(C(F)(F)F)c2)CCOCC1. The fraction of sp³-hybridized carbons (Fsp3) is 0.429. The number of hydrogen-bond acceptors (Lipinski definition) is 3. The molecule has 0 aliphatic carbocycles. The van der Waals surface area contributed by atoms with Gasteiger partial charge in [-0.15, -0.1) is 0 Å². The van der Waals surface area contributed by atoms with E-state index < -0.39 is 23.2 Å². The predicted molar refractivity (Wildman–Crippen MR) is 67.3 cm³/mol. The van der Waals surface area contributed by atoms with E-state index in [1.807, 2.05) is 6.07 Å². The monoisotopic (exact) mass is 298 g/mol. The molecule has 1 heterocycles. The van der Waals surface area contributed by atoms with Crippen LogP contribution in [0.4, 0.5) is 13.2 Å². The molecule has 7 heteroatoms. The highest BCUT2D eigenvalue weighted by molar-refractivity contribution is 5.95. The van der Waals surface area contributed by atoms with E-state index >= 15 is 0 Å². The van der Waals surface area contributed by atoms with E-state index in [-0.39, 0.29) is 5.56 Å². The smallest absolute Gasteiger partial charge is 0.381 e. The summed E-state index contributed by atoms with van der Waals surface area (Å²) in [4.78, 5) is 12.1. The Morgan fingerprint density at radius 3 is 2.57 bits per heavy atom. The Hall–Kier alpha value is -2.07. The van der Waals surface area contributed by atoms with Crippen LogP contribution in [0.1, 0.15) is 28.8 Å². The molecule has 0 aromatic heterocycles. The van der Waals surface area contributed by atoms with Gasteiger partial charge in [0.1, 0.15) is 5.54 Å².